The molecule has 18 heavy (non-hydrogen) atoms. The van der Waals surface area contributed by atoms with Crippen molar-refractivity contribution < 1.29 is 9.21 Å². The predicted molar refractivity (Wildman–Crippen MR) is 70.5 cm³/mol. The molecular formula is C12H6BrClN2O2. The highest BCUT2D eigenvalue weighted by Gasteiger charge is 2.12. The molecule has 0 saturated heterocycles. The first-order valence-electron chi connectivity index (χ1n) is 4.86. The van der Waals surface area contributed by atoms with Crippen molar-refractivity contribution in [3.8, 4) is 6.07 Å². The van der Waals surface area contributed by atoms with Gasteiger partial charge in [0.05, 0.1) is 22.3 Å². The minimum atomic E-state index is -0.433. The Hall–Kier alpha value is -1.77. The summed E-state index contributed by atoms with van der Waals surface area (Å²) in [5.74, 6) is -0.280. The molecule has 0 aliphatic carbocycles. The molecule has 0 aliphatic heterocycles. The van der Waals surface area contributed by atoms with Crippen molar-refractivity contribution in [2.45, 2.75) is 0 Å². The second-order valence-electron chi connectivity index (χ2n) is 3.36. The zero-order chi connectivity index (χ0) is 13.1. The Balaban J connectivity index is 2.24. The van der Waals surface area contributed by atoms with Crippen LogP contribution in [-0.2, 0) is 0 Å². The van der Waals surface area contributed by atoms with Crippen LogP contribution in [0.5, 0.6) is 0 Å². The lowest BCUT2D eigenvalue weighted by Gasteiger charge is -2.05. The van der Waals surface area contributed by atoms with Crippen molar-refractivity contribution in [1.82, 2.24) is 0 Å². The van der Waals surface area contributed by atoms with Crippen molar-refractivity contribution in [3.63, 3.8) is 0 Å². The van der Waals surface area contributed by atoms with Crippen LogP contribution in [0.3, 0.4) is 0 Å². The van der Waals surface area contributed by atoms with Crippen molar-refractivity contribution >= 4 is 39.1 Å². The van der Waals surface area contributed by atoms with Gasteiger partial charge in [-0.25, -0.2) is 0 Å². The molecule has 0 saturated carbocycles. The number of halogens is 2. The molecule has 0 aliphatic rings. The molecule has 1 heterocycles. The van der Waals surface area contributed by atoms with E-state index in [9.17, 15) is 4.79 Å². The minimum absolute atomic E-state index is 0.153. The van der Waals surface area contributed by atoms with Crippen LogP contribution < -0.4 is 5.32 Å². The molecule has 1 amide bonds. The monoisotopic (exact) mass is 324 g/mol. The maximum Gasteiger partial charge on any atom is 0.291 e. The van der Waals surface area contributed by atoms with Crippen molar-refractivity contribution in [2.24, 2.45) is 0 Å². The number of amides is 1. The fourth-order valence-corrected chi connectivity index (χ4v) is 1.78. The summed E-state index contributed by atoms with van der Waals surface area (Å²) in [6, 6.07) is 9.73. The van der Waals surface area contributed by atoms with E-state index >= 15 is 0 Å². The first kappa shape index (κ1) is 12.7. The van der Waals surface area contributed by atoms with Gasteiger partial charge >= 0.3 is 0 Å². The Kier molecular flexibility index (Phi) is 3.70. The summed E-state index contributed by atoms with van der Waals surface area (Å²) in [4.78, 5) is 11.8. The summed E-state index contributed by atoms with van der Waals surface area (Å²) in [7, 11) is 0. The second kappa shape index (κ2) is 5.25. The number of rotatable bonds is 2. The van der Waals surface area contributed by atoms with E-state index in [0.717, 1.165) is 0 Å². The number of carbonyl (C=O) groups excluding carboxylic acids is 1. The molecule has 0 fully saturated rings. The van der Waals surface area contributed by atoms with Crippen LogP contribution in [-0.4, -0.2) is 5.91 Å². The SMILES string of the molecule is N#Cc1ccc(Cl)c(NC(=O)c2ccc(Br)o2)c1. The lowest BCUT2D eigenvalue weighted by atomic mass is 10.2. The molecule has 6 heteroatoms. The Morgan fingerprint density at radius 1 is 1.39 bits per heavy atom. The molecule has 0 radical (unpaired) electrons. The number of furan rings is 1. The third-order valence-electron chi connectivity index (χ3n) is 2.14. The summed E-state index contributed by atoms with van der Waals surface area (Å²) in [6.45, 7) is 0. The average molecular weight is 326 g/mol. The number of nitriles is 1. The fraction of sp³-hybridized carbons (Fsp3) is 0. The van der Waals surface area contributed by atoms with Gasteiger partial charge in [-0.2, -0.15) is 5.26 Å². The van der Waals surface area contributed by atoms with Gasteiger partial charge in [0.1, 0.15) is 0 Å². The number of nitrogens with zero attached hydrogens (tertiary/aromatic N) is 1. The Bertz CT molecular complexity index is 646. The zero-order valence-corrected chi connectivity index (χ0v) is 11.2. The lowest BCUT2D eigenvalue weighted by Crippen LogP contribution is -2.11. The van der Waals surface area contributed by atoms with Gasteiger partial charge in [-0.1, -0.05) is 11.6 Å². The molecule has 1 N–H and O–H groups in total. The predicted octanol–water partition coefficient (Wildman–Crippen LogP) is 3.82. The number of hydrogen-bond acceptors (Lipinski definition) is 3. The van der Waals surface area contributed by atoms with Crippen LogP contribution >= 0.6 is 27.5 Å². The zero-order valence-electron chi connectivity index (χ0n) is 8.91. The number of hydrogen-bond donors (Lipinski definition) is 1. The molecule has 0 unspecified atom stereocenters. The Morgan fingerprint density at radius 3 is 2.78 bits per heavy atom. The molecule has 0 spiro atoms. The van der Waals surface area contributed by atoms with Crippen LogP contribution in [0.25, 0.3) is 0 Å². The summed E-state index contributed by atoms with van der Waals surface area (Å²) in [5.41, 5.74) is 0.781. The van der Waals surface area contributed by atoms with E-state index in [1.807, 2.05) is 6.07 Å². The number of anilines is 1. The standard InChI is InChI=1S/C12H6BrClN2O2/c13-11-4-3-10(18-11)12(17)16-9-5-7(6-15)1-2-8(9)14/h1-5H,(H,16,17). The molecule has 0 atom stereocenters. The van der Waals surface area contributed by atoms with Gasteiger partial charge in [0, 0.05) is 0 Å². The van der Waals surface area contributed by atoms with E-state index in [2.05, 4.69) is 21.2 Å². The molecule has 1 aromatic heterocycles. The van der Waals surface area contributed by atoms with E-state index in [-0.39, 0.29) is 5.76 Å². The van der Waals surface area contributed by atoms with Gasteiger partial charge in [0.15, 0.2) is 10.4 Å². The summed E-state index contributed by atoms with van der Waals surface area (Å²) >= 11 is 9.03. The number of carbonyl (C=O) groups is 1. The molecule has 1 aromatic carbocycles. The van der Waals surface area contributed by atoms with Gasteiger partial charge in [-0.3, -0.25) is 4.79 Å². The van der Waals surface area contributed by atoms with Gasteiger partial charge in [0.25, 0.3) is 5.91 Å². The molecule has 90 valence electrons. The summed E-state index contributed by atoms with van der Waals surface area (Å²) in [5, 5.41) is 11.7. The quantitative estimate of drug-likeness (QED) is 0.912. The highest BCUT2D eigenvalue weighted by atomic mass is 79.9. The first-order valence-corrected chi connectivity index (χ1v) is 6.03. The van der Waals surface area contributed by atoms with E-state index in [0.29, 0.717) is 20.9 Å². The highest BCUT2D eigenvalue weighted by Crippen LogP contribution is 2.24. The van der Waals surface area contributed by atoms with Crippen LogP contribution in [0.4, 0.5) is 5.69 Å². The van der Waals surface area contributed by atoms with Crippen molar-refractivity contribution in [2.75, 3.05) is 5.32 Å². The van der Waals surface area contributed by atoms with Gasteiger partial charge in [-0.05, 0) is 46.3 Å². The molecular weight excluding hydrogens is 320 g/mol. The summed E-state index contributed by atoms with van der Waals surface area (Å²) < 4.78 is 5.57. The van der Waals surface area contributed by atoms with Gasteiger partial charge < -0.3 is 9.73 Å². The molecule has 4 nitrogen and oxygen atoms in total. The number of benzene rings is 1. The third-order valence-corrected chi connectivity index (χ3v) is 2.90. The highest BCUT2D eigenvalue weighted by molar-refractivity contribution is 9.10. The lowest BCUT2D eigenvalue weighted by molar-refractivity contribution is 0.0995. The second-order valence-corrected chi connectivity index (χ2v) is 4.55. The minimum Gasteiger partial charge on any atom is -0.444 e. The fourth-order valence-electron chi connectivity index (χ4n) is 1.31. The van der Waals surface area contributed by atoms with E-state index in [1.54, 1.807) is 18.2 Å². The Labute approximate surface area is 116 Å². The number of nitrogens with one attached hydrogen (secondary N) is 1. The van der Waals surface area contributed by atoms with Crippen molar-refractivity contribution in [3.05, 3.63) is 51.3 Å². The maximum atomic E-state index is 11.8. The average Bonchev–Trinajstić information content (AvgIpc) is 2.79. The van der Waals surface area contributed by atoms with Crippen LogP contribution in [0.1, 0.15) is 16.1 Å². The van der Waals surface area contributed by atoms with Crippen LogP contribution in [0, 0.1) is 11.3 Å². The van der Waals surface area contributed by atoms with E-state index in [4.69, 9.17) is 21.3 Å². The van der Waals surface area contributed by atoms with E-state index < -0.39 is 5.91 Å². The van der Waals surface area contributed by atoms with Gasteiger partial charge in [-0.15, -0.1) is 0 Å². The van der Waals surface area contributed by atoms with Crippen molar-refractivity contribution in [1.29, 1.82) is 5.26 Å². The van der Waals surface area contributed by atoms with Crippen LogP contribution in [0.2, 0.25) is 5.02 Å². The molecule has 2 aromatic rings. The molecule has 2 rings (SSSR count). The largest absolute Gasteiger partial charge is 0.444 e. The third kappa shape index (κ3) is 2.73. The first-order chi connectivity index (χ1) is 8.60. The topological polar surface area (TPSA) is 66.0 Å². The molecule has 0 bridgehead atoms. The smallest absolute Gasteiger partial charge is 0.291 e. The van der Waals surface area contributed by atoms with E-state index in [1.165, 1.54) is 12.1 Å². The maximum absolute atomic E-state index is 11.8. The van der Waals surface area contributed by atoms with Gasteiger partial charge in [0.2, 0.25) is 0 Å². The Morgan fingerprint density at radius 2 is 2.17 bits per heavy atom. The normalized spacial score (nSPS) is 9.83. The van der Waals surface area contributed by atoms with Crippen LogP contribution in [0.15, 0.2) is 39.4 Å². The summed E-state index contributed by atoms with van der Waals surface area (Å²) in [6.07, 6.45) is 0.